The highest BCUT2D eigenvalue weighted by Gasteiger charge is 2.50. The number of nitrogens with zero attached hydrogens (tertiary/aromatic N) is 3. The molecule has 0 saturated carbocycles. The van der Waals surface area contributed by atoms with Gasteiger partial charge in [0.2, 0.25) is 5.91 Å². The number of carbonyl (C=O) groups is 2. The minimum absolute atomic E-state index is 0.0127. The highest BCUT2D eigenvalue weighted by atomic mass is 19.4. The summed E-state index contributed by atoms with van der Waals surface area (Å²) in [7, 11) is 1.73. The van der Waals surface area contributed by atoms with E-state index in [1.165, 1.54) is 6.07 Å². The Morgan fingerprint density at radius 3 is 2.53 bits per heavy atom. The zero-order valence-corrected chi connectivity index (χ0v) is 18.4. The molecule has 0 unspecified atom stereocenters. The van der Waals surface area contributed by atoms with Crippen LogP contribution < -0.4 is 9.64 Å². The van der Waals surface area contributed by atoms with Crippen LogP contribution in [0.3, 0.4) is 0 Å². The molecule has 34 heavy (non-hydrogen) atoms. The number of hydrogen-bond acceptors (Lipinski definition) is 4. The molecule has 2 aliphatic rings. The predicted octanol–water partition coefficient (Wildman–Crippen LogP) is 4.34. The third-order valence-electron chi connectivity index (χ3n) is 6.61. The van der Waals surface area contributed by atoms with E-state index in [1.54, 1.807) is 30.1 Å². The van der Waals surface area contributed by atoms with Crippen LogP contribution in [0.4, 0.5) is 24.5 Å². The van der Waals surface area contributed by atoms with Crippen molar-refractivity contribution in [3.05, 3.63) is 64.5 Å². The van der Waals surface area contributed by atoms with E-state index in [9.17, 15) is 22.8 Å². The molecule has 7 nitrogen and oxygen atoms in total. The standard InChI is InChI=1S/C24H22F3N3O4/c1-28-15-3-6-20-19(13-15)23(22(33)29(20)2)7-9-30(10-8-23)11-12-34-16-4-5-17(21(31)32)18(14-16)24(25,26)27/h3-6,13-14H,7-12H2,2H3,(H,31,32). The molecule has 178 valence electrons. The third kappa shape index (κ3) is 4.07. The van der Waals surface area contributed by atoms with Gasteiger partial charge in [0.1, 0.15) is 12.4 Å². The van der Waals surface area contributed by atoms with Crippen LogP contribution in [0.1, 0.15) is 34.3 Å². The van der Waals surface area contributed by atoms with E-state index in [2.05, 4.69) is 9.74 Å². The lowest BCUT2D eigenvalue weighted by Gasteiger charge is -2.38. The van der Waals surface area contributed by atoms with Crippen LogP contribution in [0.15, 0.2) is 36.4 Å². The van der Waals surface area contributed by atoms with Crippen LogP contribution in [-0.2, 0) is 16.4 Å². The van der Waals surface area contributed by atoms with Gasteiger partial charge in [-0.25, -0.2) is 9.64 Å². The fourth-order valence-corrected chi connectivity index (χ4v) is 4.78. The van der Waals surface area contributed by atoms with Crippen LogP contribution in [-0.4, -0.2) is 55.2 Å². The Labute approximate surface area is 194 Å². The fraction of sp³-hybridized carbons (Fsp3) is 0.375. The summed E-state index contributed by atoms with van der Waals surface area (Å²) in [6, 6.07) is 8.11. The number of piperidine rings is 1. The minimum atomic E-state index is -4.81. The number of hydrogen-bond donors (Lipinski definition) is 1. The van der Waals surface area contributed by atoms with Crippen molar-refractivity contribution in [1.29, 1.82) is 0 Å². The second-order valence-corrected chi connectivity index (χ2v) is 8.46. The topological polar surface area (TPSA) is 74.4 Å². The van der Waals surface area contributed by atoms with Gasteiger partial charge in [0.05, 0.1) is 23.1 Å². The molecular weight excluding hydrogens is 451 g/mol. The zero-order valence-electron chi connectivity index (χ0n) is 18.4. The SMILES string of the molecule is [C-]#[N+]c1ccc2c(c1)C1(CCN(CCOc3ccc(C(=O)O)c(C(F)(F)F)c3)CC1)C(=O)N2C. The predicted molar refractivity (Wildman–Crippen MR) is 117 cm³/mol. The molecule has 1 amide bonds. The van der Waals surface area contributed by atoms with Gasteiger partial charge >= 0.3 is 12.1 Å². The van der Waals surface area contributed by atoms with E-state index >= 15 is 0 Å². The first-order valence-corrected chi connectivity index (χ1v) is 10.7. The number of alkyl halides is 3. The van der Waals surface area contributed by atoms with Gasteiger partial charge in [-0.3, -0.25) is 9.69 Å². The molecule has 0 radical (unpaired) electrons. The van der Waals surface area contributed by atoms with E-state index < -0.39 is 28.7 Å². The molecule has 10 heteroatoms. The minimum Gasteiger partial charge on any atom is -0.492 e. The van der Waals surface area contributed by atoms with Crippen molar-refractivity contribution in [2.75, 3.05) is 38.2 Å². The number of ether oxygens (including phenoxy) is 1. The van der Waals surface area contributed by atoms with Crippen molar-refractivity contribution in [3.63, 3.8) is 0 Å². The molecule has 1 saturated heterocycles. The molecule has 2 aromatic carbocycles. The van der Waals surface area contributed by atoms with Gasteiger partial charge in [0.15, 0.2) is 5.69 Å². The van der Waals surface area contributed by atoms with Gasteiger partial charge < -0.3 is 14.7 Å². The smallest absolute Gasteiger partial charge is 0.417 e. The number of benzene rings is 2. The molecule has 0 aliphatic carbocycles. The number of amides is 1. The average Bonchev–Trinajstić information content (AvgIpc) is 3.01. The number of likely N-dealkylation sites (tertiary alicyclic amines) is 1. The Morgan fingerprint density at radius 1 is 1.21 bits per heavy atom. The Morgan fingerprint density at radius 2 is 1.91 bits per heavy atom. The Hall–Kier alpha value is -3.58. The van der Waals surface area contributed by atoms with Crippen LogP contribution in [0.25, 0.3) is 4.85 Å². The maximum Gasteiger partial charge on any atom is 0.417 e. The highest BCUT2D eigenvalue weighted by molar-refractivity contribution is 6.08. The van der Waals surface area contributed by atoms with Crippen molar-refractivity contribution in [1.82, 2.24) is 4.90 Å². The molecule has 2 heterocycles. The summed E-state index contributed by atoms with van der Waals surface area (Å²) < 4.78 is 45.0. The van der Waals surface area contributed by atoms with E-state index in [0.29, 0.717) is 44.2 Å². The van der Waals surface area contributed by atoms with Gasteiger partial charge in [-0.05, 0) is 55.8 Å². The quantitative estimate of drug-likeness (QED) is 0.654. The molecule has 1 N–H and O–H groups in total. The second kappa shape index (κ2) is 8.65. The van der Waals surface area contributed by atoms with E-state index in [4.69, 9.17) is 16.4 Å². The molecule has 2 aromatic rings. The van der Waals surface area contributed by atoms with E-state index in [-0.39, 0.29) is 18.3 Å². The van der Waals surface area contributed by atoms with Crippen molar-refractivity contribution in [3.8, 4) is 5.75 Å². The summed E-state index contributed by atoms with van der Waals surface area (Å²) >= 11 is 0. The van der Waals surface area contributed by atoms with Gasteiger partial charge in [0.25, 0.3) is 0 Å². The third-order valence-corrected chi connectivity index (χ3v) is 6.61. The first kappa shape index (κ1) is 23.6. The highest BCUT2D eigenvalue weighted by Crippen LogP contribution is 2.48. The van der Waals surface area contributed by atoms with Crippen molar-refractivity contribution in [2.45, 2.75) is 24.4 Å². The lowest BCUT2D eigenvalue weighted by atomic mass is 9.73. The van der Waals surface area contributed by atoms with Crippen LogP contribution in [0, 0.1) is 6.57 Å². The van der Waals surface area contributed by atoms with Crippen molar-refractivity contribution >= 4 is 23.3 Å². The van der Waals surface area contributed by atoms with Gasteiger partial charge in [-0.15, -0.1) is 0 Å². The fourth-order valence-electron chi connectivity index (χ4n) is 4.78. The largest absolute Gasteiger partial charge is 0.492 e. The van der Waals surface area contributed by atoms with E-state index in [0.717, 1.165) is 17.3 Å². The molecule has 2 aliphatic heterocycles. The lowest BCUT2D eigenvalue weighted by Crippen LogP contribution is -2.48. The number of likely N-dealkylation sites (N-methyl/N-ethyl adjacent to an activating group) is 1. The summed E-state index contributed by atoms with van der Waals surface area (Å²) in [5.74, 6) is -1.70. The van der Waals surface area contributed by atoms with Crippen molar-refractivity contribution in [2.24, 2.45) is 0 Å². The maximum absolute atomic E-state index is 13.2. The number of anilines is 1. The number of carboxylic acids is 1. The Bertz CT molecular complexity index is 1180. The summed E-state index contributed by atoms with van der Waals surface area (Å²) in [5, 5.41) is 8.99. The van der Waals surface area contributed by atoms with Crippen LogP contribution >= 0.6 is 0 Å². The van der Waals surface area contributed by atoms with Crippen LogP contribution in [0.5, 0.6) is 5.75 Å². The number of carboxylic acid groups (broad SMARTS) is 1. The number of carbonyl (C=O) groups excluding carboxylic acids is 1. The molecule has 1 fully saturated rings. The number of fused-ring (bicyclic) bond motifs is 2. The lowest BCUT2D eigenvalue weighted by molar-refractivity contribution is -0.138. The molecular formula is C24H22F3N3O4. The van der Waals surface area contributed by atoms with Gasteiger partial charge in [-0.2, -0.15) is 13.2 Å². The normalized spacial score (nSPS) is 17.5. The summed E-state index contributed by atoms with van der Waals surface area (Å²) in [6.07, 6.45) is -3.68. The molecule has 1 spiro atoms. The zero-order chi connectivity index (χ0) is 24.7. The number of halogens is 3. The molecule has 0 bridgehead atoms. The Balaban J connectivity index is 1.40. The Kier molecular flexibility index (Phi) is 6.00. The van der Waals surface area contributed by atoms with Gasteiger partial charge in [0, 0.05) is 19.3 Å². The summed E-state index contributed by atoms with van der Waals surface area (Å²) in [6.45, 7) is 9.02. The summed E-state index contributed by atoms with van der Waals surface area (Å²) in [4.78, 5) is 31.4. The van der Waals surface area contributed by atoms with E-state index in [1.807, 2.05) is 0 Å². The van der Waals surface area contributed by atoms with Gasteiger partial charge in [-0.1, -0.05) is 12.1 Å². The van der Waals surface area contributed by atoms with Crippen LogP contribution in [0.2, 0.25) is 0 Å². The van der Waals surface area contributed by atoms with Crippen molar-refractivity contribution < 1.29 is 32.6 Å². The number of aromatic carboxylic acids is 1. The molecule has 0 aromatic heterocycles. The molecule has 4 rings (SSSR count). The number of rotatable bonds is 5. The monoisotopic (exact) mass is 473 g/mol. The summed E-state index contributed by atoms with van der Waals surface area (Å²) in [5.41, 5.74) is -0.560. The average molecular weight is 473 g/mol. The maximum atomic E-state index is 13.2. The first-order valence-electron chi connectivity index (χ1n) is 10.7. The second-order valence-electron chi connectivity index (χ2n) is 8.46. The first-order chi connectivity index (χ1) is 16.1. The molecule has 0 atom stereocenters.